The highest BCUT2D eigenvalue weighted by molar-refractivity contribution is 7.83. The molecule has 0 bridgehead atoms. The lowest BCUT2D eigenvalue weighted by atomic mass is 9.98. The summed E-state index contributed by atoms with van der Waals surface area (Å²) in [6, 6.07) is 7.35. The third-order valence-corrected chi connectivity index (χ3v) is 4.35. The highest BCUT2D eigenvalue weighted by Gasteiger charge is 2.24. The summed E-state index contributed by atoms with van der Waals surface area (Å²) < 4.78 is 11.3. The number of nitrogens with zero attached hydrogens (tertiary/aromatic N) is 1. The number of carbonyl (C=O) groups is 1. The number of hydrogen-bond donors (Lipinski definition) is 1. The molecule has 0 spiro atoms. The summed E-state index contributed by atoms with van der Waals surface area (Å²) in [5.74, 6) is 0.673. The van der Waals surface area contributed by atoms with Gasteiger partial charge in [0, 0.05) is 48.1 Å². The Balaban J connectivity index is 2.10. The van der Waals surface area contributed by atoms with Gasteiger partial charge in [0.05, 0.1) is 0 Å². The largest absolute Gasteiger partial charge is 0.396 e. The molecule has 4 nitrogen and oxygen atoms in total. The lowest BCUT2D eigenvalue weighted by Gasteiger charge is -2.32. The van der Waals surface area contributed by atoms with Gasteiger partial charge >= 0.3 is 0 Å². The van der Waals surface area contributed by atoms with Crippen LogP contribution in [0.25, 0.3) is 0 Å². The predicted molar refractivity (Wildman–Crippen MR) is 79.9 cm³/mol. The SMILES string of the molecule is CS(=O)Cc1cccc(C(=O)N2CCCC(CO)C2)c1. The zero-order chi connectivity index (χ0) is 14.5. The maximum Gasteiger partial charge on any atom is 0.253 e. The van der Waals surface area contributed by atoms with E-state index in [9.17, 15) is 14.1 Å². The number of rotatable bonds is 4. The second kappa shape index (κ2) is 6.99. The molecule has 2 rings (SSSR count). The van der Waals surface area contributed by atoms with Crippen molar-refractivity contribution in [3.05, 3.63) is 35.4 Å². The van der Waals surface area contributed by atoms with E-state index in [0.29, 0.717) is 17.9 Å². The van der Waals surface area contributed by atoms with Crippen molar-refractivity contribution in [1.29, 1.82) is 0 Å². The first-order valence-corrected chi connectivity index (χ1v) is 8.62. The lowest BCUT2D eigenvalue weighted by Crippen LogP contribution is -2.40. The molecule has 0 aliphatic carbocycles. The molecule has 1 amide bonds. The molecule has 1 fully saturated rings. The summed E-state index contributed by atoms with van der Waals surface area (Å²) in [5, 5.41) is 9.23. The first-order chi connectivity index (χ1) is 9.60. The Hall–Kier alpha value is -1.20. The molecule has 1 saturated heterocycles. The van der Waals surface area contributed by atoms with Crippen molar-refractivity contribution in [1.82, 2.24) is 4.90 Å². The highest BCUT2D eigenvalue weighted by atomic mass is 32.2. The second-order valence-electron chi connectivity index (χ2n) is 5.36. The van der Waals surface area contributed by atoms with Gasteiger partial charge in [0.15, 0.2) is 0 Å². The van der Waals surface area contributed by atoms with E-state index in [0.717, 1.165) is 24.9 Å². The van der Waals surface area contributed by atoms with Crippen molar-refractivity contribution in [3.63, 3.8) is 0 Å². The molecule has 2 atom stereocenters. The number of carbonyl (C=O) groups excluding carboxylic acids is 1. The molecular formula is C15H21NO3S. The van der Waals surface area contributed by atoms with Crippen LogP contribution in [0.5, 0.6) is 0 Å². The summed E-state index contributed by atoms with van der Waals surface area (Å²) in [5.41, 5.74) is 1.57. The van der Waals surface area contributed by atoms with Gasteiger partial charge in [-0.05, 0) is 36.5 Å². The van der Waals surface area contributed by atoms with Crippen LogP contribution in [0.4, 0.5) is 0 Å². The van der Waals surface area contributed by atoms with E-state index >= 15 is 0 Å². The molecule has 110 valence electrons. The molecule has 1 heterocycles. The van der Waals surface area contributed by atoms with Gasteiger partial charge in [-0.15, -0.1) is 0 Å². The molecule has 1 aromatic carbocycles. The van der Waals surface area contributed by atoms with Crippen molar-refractivity contribution >= 4 is 16.7 Å². The number of amides is 1. The minimum absolute atomic E-state index is 0.00638. The van der Waals surface area contributed by atoms with Gasteiger partial charge < -0.3 is 10.0 Å². The second-order valence-corrected chi connectivity index (χ2v) is 6.79. The molecule has 1 aromatic rings. The van der Waals surface area contributed by atoms with E-state index < -0.39 is 10.8 Å². The number of hydrogen-bond acceptors (Lipinski definition) is 3. The van der Waals surface area contributed by atoms with Crippen molar-refractivity contribution in [3.8, 4) is 0 Å². The fraction of sp³-hybridized carbons (Fsp3) is 0.533. The van der Waals surface area contributed by atoms with Crippen LogP contribution in [0.3, 0.4) is 0 Å². The van der Waals surface area contributed by atoms with Crippen LogP contribution in [-0.2, 0) is 16.6 Å². The third-order valence-electron chi connectivity index (χ3n) is 3.61. The Morgan fingerprint density at radius 3 is 3.00 bits per heavy atom. The summed E-state index contributed by atoms with van der Waals surface area (Å²) in [7, 11) is -0.908. The summed E-state index contributed by atoms with van der Waals surface area (Å²) in [4.78, 5) is 14.3. The fourth-order valence-electron chi connectivity index (χ4n) is 2.61. The molecular weight excluding hydrogens is 274 g/mol. The Labute approximate surface area is 122 Å². The Morgan fingerprint density at radius 2 is 2.30 bits per heavy atom. The standard InChI is InChI=1S/C15H21NO3S/c1-20(19)11-12-4-2-6-14(8-12)15(18)16-7-3-5-13(9-16)10-17/h2,4,6,8,13,17H,3,5,7,9-11H2,1H3. The van der Waals surface area contributed by atoms with Gasteiger partial charge in [-0.2, -0.15) is 0 Å². The molecule has 0 aromatic heterocycles. The number of likely N-dealkylation sites (tertiary alicyclic amines) is 1. The zero-order valence-corrected chi connectivity index (χ0v) is 12.6. The fourth-order valence-corrected chi connectivity index (χ4v) is 3.26. The van der Waals surface area contributed by atoms with Gasteiger partial charge in [-0.3, -0.25) is 9.00 Å². The summed E-state index contributed by atoms with van der Waals surface area (Å²) in [6.07, 6.45) is 3.58. The summed E-state index contributed by atoms with van der Waals surface area (Å²) in [6.45, 7) is 1.51. The zero-order valence-electron chi connectivity index (χ0n) is 11.7. The van der Waals surface area contributed by atoms with Crippen LogP contribution < -0.4 is 0 Å². The van der Waals surface area contributed by atoms with E-state index in [1.165, 1.54) is 0 Å². The van der Waals surface area contributed by atoms with Crippen molar-refractivity contribution in [2.24, 2.45) is 5.92 Å². The molecule has 5 heteroatoms. The number of benzene rings is 1. The predicted octanol–water partition coefficient (Wildman–Crippen LogP) is 1.41. The van der Waals surface area contributed by atoms with Crippen LogP contribution in [0, 0.1) is 5.92 Å². The van der Waals surface area contributed by atoms with E-state index in [4.69, 9.17) is 0 Å². The van der Waals surface area contributed by atoms with Gasteiger partial charge in [0.1, 0.15) is 0 Å². The monoisotopic (exact) mass is 295 g/mol. The maximum atomic E-state index is 12.5. The van der Waals surface area contributed by atoms with Gasteiger partial charge in [-0.1, -0.05) is 12.1 Å². The first kappa shape index (κ1) is 15.2. The van der Waals surface area contributed by atoms with E-state index in [-0.39, 0.29) is 18.4 Å². The first-order valence-electron chi connectivity index (χ1n) is 6.89. The molecule has 20 heavy (non-hydrogen) atoms. The Kier molecular flexibility index (Phi) is 5.31. The third kappa shape index (κ3) is 3.90. The molecule has 0 radical (unpaired) electrons. The molecule has 0 saturated carbocycles. The van der Waals surface area contributed by atoms with Crippen molar-refractivity contribution < 1.29 is 14.1 Å². The topological polar surface area (TPSA) is 57.6 Å². The molecule has 1 aliphatic heterocycles. The number of piperidine rings is 1. The van der Waals surface area contributed by atoms with Crippen molar-refractivity contribution in [2.45, 2.75) is 18.6 Å². The van der Waals surface area contributed by atoms with Crippen LogP contribution in [0.2, 0.25) is 0 Å². The minimum atomic E-state index is -0.908. The molecule has 1 aliphatic rings. The molecule has 1 N–H and O–H groups in total. The maximum absolute atomic E-state index is 12.5. The average molecular weight is 295 g/mol. The van der Waals surface area contributed by atoms with Crippen LogP contribution in [0.15, 0.2) is 24.3 Å². The average Bonchev–Trinajstić information content (AvgIpc) is 2.46. The van der Waals surface area contributed by atoms with Gasteiger partial charge in [-0.25, -0.2) is 0 Å². The normalized spacial score (nSPS) is 20.7. The smallest absolute Gasteiger partial charge is 0.253 e. The van der Waals surface area contributed by atoms with Crippen LogP contribution in [-0.4, -0.2) is 46.1 Å². The minimum Gasteiger partial charge on any atom is -0.396 e. The van der Waals surface area contributed by atoms with Gasteiger partial charge in [0.25, 0.3) is 5.91 Å². The highest BCUT2D eigenvalue weighted by Crippen LogP contribution is 2.18. The van der Waals surface area contributed by atoms with Crippen LogP contribution in [0.1, 0.15) is 28.8 Å². The van der Waals surface area contributed by atoms with E-state index in [1.807, 2.05) is 23.1 Å². The Morgan fingerprint density at radius 1 is 1.50 bits per heavy atom. The number of aliphatic hydroxyl groups excluding tert-OH is 1. The Bertz CT molecular complexity index is 504. The number of aliphatic hydroxyl groups is 1. The molecule has 2 unspecified atom stereocenters. The van der Waals surface area contributed by atoms with Crippen LogP contribution >= 0.6 is 0 Å². The van der Waals surface area contributed by atoms with E-state index in [2.05, 4.69) is 0 Å². The quantitative estimate of drug-likeness (QED) is 0.913. The van der Waals surface area contributed by atoms with E-state index in [1.54, 1.807) is 12.3 Å². The van der Waals surface area contributed by atoms with Gasteiger partial charge in [0.2, 0.25) is 0 Å². The lowest BCUT2D eigenvalue weighted by molar-refractivity contribution is 0.0620. The summed E-state index contributed by atoms with van der Waals surface area (Å²) >= 11 is 0. The van der Waals surface area contributed by atoms with Crippen molar-refractivity contribution in [2.75, 3.05) is 26.0 Å².